The van der Waals surface area contributed by atoms with Crippen molar-refractivity contribution in [1.29, 1.82) is 0 Å². The number of esters is 2. The maximum absolute atomic E-state index is 11.8. The minimum atomic E-state index is -0.994. The Bertz CT molecular complexity index is 704. The largest absolute Gasteiger partial charge is 0.463 e. The molecule has 37 heavy (non-hydrogen) atoms. The van der Waals surface area contributed by atoms with Crippen LogP contribution >= 0.6 is 0 Å². The molecule has 0 heterocycles. The molecule has 0 saturated heterocycles. The van der Waals surface area contributed by atoms with Crippen LogP contribution in [0.2, 0.25) is 0 Å². The molecule has 0 aromatic rings. The second-order valence-corrected chi connectivity index (χ2v) is 8.99. The van der Waals surface area contributed by atoms with Crippen LogP contribution in [-0.2, 0) is 19.1 Å². The van der Waals surface area contributed by atoms with E-state index in [1.165, 1.54) is 6.42 Å². The standard InChI is InChI=1S/C31H50O6/c1-3-5-7-16-20-24-30(34)36-26-29(33)27-37-31(35)25-21-18-15-13-11-9-8-10-12-14-17-19-23-28(32)22-6-4-2/h6,8-9,12-15,17,19,22,28-29,32-33H,3-5,7,10-11,16,18,20-21,23-27H2,1-2H3/b9-8-,14-12-,15-13-,19-17+,22-6-/t28?,29-/m1/s1. The van der Waals surface area contributed by atoms with Crippen LogP contribution in [-0.4, -0.2) is 47.6 Å². The van der Waals surface area contributed by atoms with Crippen molar-refractivity contribution in [2.24, 2.45) is 0 Å². The fraction of sp³-hybridized carbons (Fsp3) is 0.613. The lowest BCUT2D eigenvalue weighted by Crippen LogP contribution is -2.25. The first-order valence-electron chi connectivity index (χ1n) is 13.9. The van der Waals surface area contributed by atoms with Gasteiger partial charge >= 0.3 is 11.9 Å². The van der Waals surface area contributed by atoms with Crippen LogP contribution in [0.15, 0.2) is 60.8 Å². The van der Waals surface area contributed by atoms with Crippen molar-refractivity contribution < 1.29 is 29.3 Å². The first-order chi connectivity index (χ1) is 18.0. The molecule has 6 nitrogen and oxygen atoms in total. The first-order valence-corrected chi connectivity index (χ1v) is 13.9. The fourth-order valence-electron chi connectivity index (χ4n) is 3.20. The minimum absolute atomic E-state index is 0.148. The van der Waals surface area contributed by atoms with Gasteiger partial charge < -0.3 is 19.7 Å². The van der Waals surface area contributed by atoms with Crippen molar-refractivity contribution in [3.05, 3.63) is 60.8 Å². The Balaban J connectivity index is 3.69. The van der Waals surface area contributed by atoms with Gasteiger partial charge in [0.15, 0.2) is 0 Å². The number of aliphatic hydroxyl groups is 2. The molecule has 0 aromatic carbocycles. The summed E-state index contributed by atoms with van der Waals surface area (Å²) in [6.07, 6.45) is 29.3. The maximum atomic E-state index is 11.8. The molecule has 0 spiro atoms. The van der Waals surface area contributed by atoms with Gasteiger partial charge in [-0.1, -0.05) is 100 Å². The fourth-order valence-corrected chi connectivity index (χ4v) is 3.20. The number of hydrogen-bond donors (Lipinski definition) is 2. The summed E-state index contributed by atoms with van der Waals surface area (Å²) in [4.78, 5) is 23.4. The molecule has 0 aliphatic carbocycles. The number of aliphatic hydroxyl groups excluding tert-OH is 2. The maximum Gasteiger partial charge on any atom is 0.305 e. The van der Waals surface area contributed by atoms with E-state index in [4.69, 9.17) is 9.47 Å². The zero-order valence-electron chi connectivity index (χ0n) is 23.1. The third kappa shape index (κ3) is 26.4. The summed E-state index contributed by atoms with van der Waals surface area (Å²) < 4.78 is 10.1. The van der Waals surface area contributed by atoms with E-state index >= 15 is 0 Å². The Hall–Kier alpha value is -2.44. The topological polar surface area (TPSA) is 93.1 Å². The highest BCUT2D eigenvalue weighted by Crippen LogP contribution is 2.06. The number of carbonyl (C=O) groups excluding carboxylic acids is 2. The Labute approximate surface area is 224 Å². The van der Waals surface area contributed by atoms with E-state index in [1.54, 1.807) is 0 Å². The van der Waals surface area contributed by atoms with E-state index in [0.717, 1.165) is 51.4 Å². The molecular formula is C31H50O6. The number of unbranched alkanes of at least 4 members (excludes halogenated alkanes) is 5. The van der Waals surface area contributed by atoms with Crippen molar-refractivity contribution >= 4 is 11.9 Å². The molecular weight excluding hydrogens is 468 g/mol. The van der Waals surface area contributed by atoms with Gasteiger partial charge in [0.05, 0.1) is 6.10 Å². The highest BCUT2D eigenvalue weighted by molar-refractivity contribution is 5.69. The second kappa shape index (κ2) is 26.6. The molecule has 0 bridgehead atoms. The molecule has 0 radical (unpaired) electrons. The highest BCUT2D eigenvalue weighted by Gasteiger charge is 2.11. The third-order valence-corrected chi connectivity index (χ3v) is 5.34. The molecule has 6 heteroatoms. The van der Waals surface area contributed by atoms with Gasteiger partial charge in [-0.2, -0.15) is 0 Å². The van der Waals surface area contributed by atoms with Crippen LogP contribution in [0.1, 0.15) is 97.3 Å². The number of allylic oxidation sites excluding steroid dienone is 8. The van der Waals surface area contributed by atoms with E-state index in [0.29, 0.717) is 19.3 Å². The zero-order chi connectivity index (χ0) is 27.4. The molecule has 0 saturated carbocycles. The lowest BCUT2D eigenvalue weighted by Gasteiger charge is -2.12. The molecule has 2 atom stereocenters. The van der Waals surface area contributed by atoms with Crippen LogP contribution < -0.4 is 0 Å². The number of rotatable bonds is 23. The van der Waals surface area contributed by atoms with E-state index in [-0.39, 0.29) is 31.6 Å². The van der Waals surface area contributed by atoms with Gasteiger partial charge in [0.25, 0.3) is 0 Å². The lowest BCUT2D eigenvalue weighted by atomic mass is 10.1. The summed E-state index contributed by atoms with van der Waals surface area (Å²) in [6, 6.07) is 0. The molecule has 0 rings (SSSR count). The molecule has 210 valence electrons. The number of hydrogen-bond acceptors (Lipinski definition) is 6. The zero-order valence-corrected chi connectivity index (χ0v) is 23.1. The molecule has 1 unspecified atom stereocenters. The SMILES string of the molecule is CC/C=C\C(O)C/C=C/C=C\C/C=C\C/C=C\CCCC(=O)OC[C@H](O)COC(=O)CCCCCCC. The van der Waals surface area contributed by atoms with Crippen molar-refractivity contribution in [2.75, 3.05) is 13.2 Å². The van der Waals surface area contributed by atoms with Gasteiger partial charge in [0.2, 0.25) is 0 Å². The van der Waals surface area contributed by atoms with E-state index in [2.05, 4.69) is 31.2 Å². The van der Waals surface area contributed by atoms with Crippen molar-refractivity contribution in [2.45, 2.75) is 110 Å². The van der Waals surface area contributed by atoms with Crippen LogP contribution in [0.3, 0.4) is 0 Å². The van der Waals surface area contributed by atoms with Crippen LogP contribution in [0.25, 0.3) is 0 Å². The number of ether oxygens (including phenoxy) is 2. The molecule has 0 aliphatic rings. The summed E-state index contributed by atoms with van der Waals surface area (Å²) in [5, 5.41) is 19.5. The Morgan fingerprint density at radius 3 is 1.97 bits per heavy atom. The second-order valence-electron chi connectivity index (χ2n) is 8.99. The molecule has 2 N–H and O–H groups in total. The van der Waals surface area contributed by atoms with E-state index in [9.17, 15) is 19.8 Å². The summed E-state index contributed by atoms with van der Waals surface area (Å²) in [5.41, 5.74) is 0. The Morgan fingerprint density at radius 2 is 1.30 bits per heavy atom. The minimum Gasteiger partial charge on any atom is -0.463 e. The van der Waals surface area contributed by atoms with E-state index in [1.807, 2.05) is 43.4 Å². The average Bonchev–Trinajstić information content (AvgIpc) is 2.89. The Kier molecular flexibility index (Phi) is 24.9. The summed E-state index contributed by atoms with van der Waals surface area (Å²) in [5.74, 6) is -0.678. The Morgan fingerprint density at radius 1 is 0.703 bits per heavy atom. The lowest BCUT2D eigenvalue weighted by molar-refractivity contribution is -0.152. The molecule has 0 amide bonds. The predicted molar refractivity (Wildman–Crippen MR) is 151 cm³/mol. The average molecular weight is 519 g/mol. The van der Waals surface area contributed by atoms with Gasteiger partial charge in [-0.15, -0.1) is 0 Å². The van der Waals surface area contributed by atoms with E-state index < -0.39 is 12.2 Å². The van der Waals surface area contributed by atoms with Gasteiger partial charge in [-0.25, -0.2) is 0 Å². The number of carbonyl (C=O) groups is 2. The quantitative estimate of drug-likeness (QED) is 0.0678. The third-order valence-electron chi connectivity index (χ3n) is 5.34. The normalized spacial score (nSPS) is 13.9. The van der Waals surface area contributed by atoms with Gasteiger partial charge in [0, 0.05) is 12.8 Å². The highest BCUT2D eigenvalue weighted by atomic mass is 16.6. The summed E-state index contributed by atoms with van der Waals surface area (Å²) >= 11 is 0. The van der Waals surface area contributed by atoms with Gasteiger partial charge in [-0.3, -0.25) is 9.59 Å². The molecule has 0 aromatic heterocycles. The van der Waals surface area contributed by atoms with Crippen LogP contribution in [0.4, 0.5) is 0 Å². The summed E-state index contributed by atoms with van der Waals surface area (Å²) in [7, 11) is 0. The van der Waals surface area contributed by atoms with Crippen LogP contribution in [0.5, 0.6) is 0 Å². The summed E-state index contributed by atoms with van der Waals surface area (Å²) in [6.45, 7) is 3.88. The van der Waals surface area contributed by atoms with Crippen LogP contribution in [0, 0.1) is 0 Å². The van der Waals surface area contributed by atoms with Gasteiger partial charge in [-0.05, 0) is 44.9 Å². The van der Waals surface area contributed by atoms with Crippen molar-refractivity contribution in [3.63, 3.8) is 0 Å². The monoisotopic (exact) mass is 518 g/mol. The van der Waals surface area contributed by atoms with Crippen molar-refractivity contribution in [3.8, 4) is 0 Å². The molecule has 0 fully saturated rings. The predicted octanol–water partition coefficient (Wildman–Crippen LogP) is 6.69. The van der Waals surface area contributed by atoms with Gasteiger partial charge in [0.1, 0.15) is 19.3 Å². The smallest absolute Gasteiger partial charge is 0.305 e. The molecule has 0 aliphatic heterocycles. The van der Waals surface area contributed by atoms with Crippen molar-refractivity contribution in [1.82, 2.24) is 0 Å². The first kappa shape index (κ1) is 34.6.